The topological polar surface area (TPSA) is 34.1 Å². The van der Waals surface area contributed by atoms with Gasteiger partial charge in [-0.05, 0) is 67.3 Å². The molecule has 0 N–H and O–H groups in total. The third-order valence-electron chi connectivity index (χ3n) is 2.74. The predicted molar refractivity (Wildman–Crippen MR) is 88.3 cm³/mol. The maximum Gasteiger partial charge on any atom is 0.228 e. The van der Waals surface area contributed by atoms with Crippen LogP contribution in [0.15, 0.2) is 48.5 Å². The lowest BCUT2D eigenvalue weighted by Gasteiger charge is -1.98. The summed E-state index contributed by atoms with van der Waals surface area (Å²) < 4.78 is -0.244. The van der Waals surface area contributed by atoms with Crippen LogP contribution >= 0.6 is 31.9 Å². The van der Waals surface area contributed by atoms with E-state index in [4.69, 9.17) is 0 Å². The lowest BCUT2D eigenvalue weighted by Crippen LogP contribution is -1.87. The van der Waals surface area contributed by atoms with Crippen molar-refractivity contribution in [3.8, 4) is 0 Å². The van der Waals surface area contributed by atoms with Gasteiger partial charge >= 0.3 is 0 Å². The van der Waals surface area contributed by atoms with Gasteiger partial charge in [0.15, 0.2) is 0 Å². The van der Waals surface area contributed by atoms with E-state index in [2.05, 4.69) is 31.9 Å². The maximum absolute atomic E-state index is 11.1. The quantitative estimate of drug-likeness (QED) is 0.545. The molecule has 2 aromatic rings. The van der Waals surface area contributed by atoms with Crippen molar-refractivity contribution < 1.29 is 9.59 Å². The first-order chi connectivity index (χ1) is 9.56. The summed E-state index contributed by atoms with van der Waals surface area (Å²) in [6.07, 6.45) is 3.90. The van der Waals surface area contributed by atoms with E-state index < -0.39 is 0 Å². The minimum absolute atomic E-state index is 0.122. The molecule has 0 aromatic heterocycles. The first kappa shape index (κ1) is 14.9. The highest BCUT2D eigenvalue weighted by Gasteiger charge is 2.00. The second-order valence-electron chi connectivity index (χ2n) is 4.12. The highest BCUT2D eigenvalue weighted by atomic mass is 79.9. The number of rotatable bonds is 4. The molecule has 2 aromatic carbocycles. The molecule has 0 saturated carbocycles. The fourth-order valence-electron chi connectivity index (χ4n) is 1.64. The molecule has 0 aliphatic rings. The van der Waals surface area contributed by atoms with Gasteiger partial charge in [0.05, 0.1) is 0 Å². The largest absolute Gasteiger partial charge is 0.281 e. The molecule has 0 bridgehead atoms. The zero-order valence-electron chi connectivity index (χ0n) is 10.3. The number of carbonyl (C=O) groups excluding carboxylic acids is 2. The van der Waals surface area contributed by atoms with Crippen molar-refractivity contribution in [2.75, 3.05) is 0 Å². The minimum atomic E-state index is -0.122. The van der Waals surface area contributed by atoms with Gasteiger partial charge < -0.3 is 0 Å². The van der Waals surface area contributed by atoms with Crippen molar-refractivity contribution in [1.82, 2.24) is 0 Å². The fourth-order valence-corrected chi connectivity index (χ4v) is 2.17. The molecule has 0 saturated heterocycles. The van der Waals surface area contributed by atoms with E-state index in [9.17, 15) is 9.59 Å². The molecule has 100 valence electrons. The molecule has 4 heteroatoms. The molecule has 0 fully saturated rings. The van der Waals surface area contributed by atoms with Gasteiger partial charge in [0, 0.05) is 11.1 Å². The lowest BCUT2D eigenvalue weighted by molar-refractivity contribution is 0.108. The zero-order valence-corrected chi connectivity index (χ0v) is 13.5. The molecule has 0 atom stereocenters. The second kappa shape index (κ2) is 6.77. The van der Waals surface area contributed by atoms with Crippen molar-refractivity contribution in [3.63, 3.8) is 0 Å². The standard InChI is InChI=1S/C16H10Br2O2/c17-15(19)13-7-3-11(4-8-13)1-2-12-5-9-14(10-6-12)16(18)20/h1-10H. The zero-order chi connectivity index (χ0) is 14.5. The van der Waals surface area contributed by atoms with Crippen LogP contribution in [0.2, 0.25) is 0 Å². The Kier molecular flexibility index (Phi) is 5.04. The maximum atomic E-state index is 11.1. The van der Waals surface area contributed by atoms with Crippen molar-refractivity contribution >= 4 is 53.4 Å². The van der Waals surface area contributed by atoms with Gasteiger partial charge in [-0.3, -0.25) is 9.59 Å². The summed E-state index contributed by atoms with van der Waals surface area (Å²) in [4.78, 5) is 22.2. The molecule has 0 spiro atoms. The van der Waals surface area contributed by atoms with Crippen molar-refractivity contribution in [2.24, 2.45) is 0 Å². The van der Waals surface area contributed by atoms with Gasteiger partial charge in [0.1, 0.15) is 0 Å². The summed E-state index contributed by atoms with van der Waals surface area (Å²) in [6.45, 7) is 0. The Morgan fingerprint density at radius 3 is 1.20 bits per heavy atom. The SMILES string of the molecule is O=C(Br)c1ccc(C=Cc2ccc(C(=O)Br)cc2)cc1. The molecule has 2 nitrogen and oxygen atoms in total. The van der Waals surface area contributed by atoms with Crippen molar-refractivity contribution in [3.05, 3.63) is 70.8 Å². The average Bonchev–Trinajstić information content (AvgIpc) is 2.46. The lowest BCUT2D eigenvalue weighted by atomic mass is 10.1. The Morgan fingerprint density at radius 2 is 0.950 bits per heavy atom. The molecule has 20 heavy (non-hydrogen) atoms. The molecule has 0 unspecified atom stereocenters. The Morgan fingerprint density at radius 1 is 0.650 bits per heavy atom. The highest BCUT2D eigenvalue weighted by Crippen LogP contribution is 2.13. The van der Waals surface area contributed by atoms with Gasteiger partial charge in [-0.1, -0.05) is 36.4 Å². The van der Waals surface area contributed by atoms with E-state index in [1.807, 2.05) is 36.4 Å². The Labute approximate surface area is 133 Å². The van der Waals surface area contributed by atoms with Gasteiger partial charge in [-0.2, -0.15) is 0 Å². The summed E-state index contributed by atoms with van der Waals surface area (Å²) in [7, 11) is 0. The summed E-state index contributed by atoms with van der Waals surface area (Å²) >= 11 is 5.83. The van der Waals surface area contributed by atoms with E-state index in [0.717, 1.165) is 11.1 Å². The van der Waals surface area contributed by atoms with Gasteiger partial charge in [0.25, 0.3) is 0 Å². The molecule has 0 heterocycles. The number of hydrogen-bond acceptors (Lipinski definition) is 2. The van der Waals surface area contributed by atoms with Crippen molar-refractivity contribution in [2.45, 2.75) is 0 Å². The van der Waals surface area contributed by atoms with E-state index in [0.29, 0.717) is 11.1 Å². The van der Waals surface area contributed by atoms with Gasteiger partial charge in [-0.25, -0.2) is 0 Å². The minimum Gasteiger partial charge on any atom is -0.281 e. The van der Waals surface area contributed by atoms with Crippen molar-refractivity contribution in [1.29, 1.82) is 0 Å². The molecular formula is C16H10Br2O2. The summed E-state index contributed by atoms with van der Waals surface area (Å²) in [5.41, 5.74) is 3.26. The molecule has 0 aliphatic carbocycles. The van der Waals surface area contributed by atoms with Crippen LogP contribution in [0.5, 0.6) is 0 Å². The van der Waals surface area contributed by atoms with E-state index >= 15 is 0 Å². The Balaban J connectivity index is 2.12. The van der Waals surface area contributed by atoms with Gasteiger partial charge in [-0.15, -0.1) is 0 Å². The molecule has 0 amide bonds. The second-order valence-corrected chi connectivity index (χ2v) is 5.57. The number of benzene rings is 2. The van der Waals surface area contributed by atoms with Crippen LogP contribution in [-0.2, 0) is 0 Å². The van der Waals surface area contributed by atoms with Crippen LogP contribution in [0, 0.1) is 0 Å². The molecule has 0 radical (unpaired) electrons. The summed E-state index contributed by atoms with van der Waals surface area (Å²) in [6, 6.07) is 14.6. The average molecular weight is 394 g/mol. The number of carbonyl (C=O) groups is 2. The third kappa shape index (κ3) is 3.99. The first-order valence-electron chi connectivity index (χ1n) is 5.84. The molecule has 2 rings (SSSR count). The smallest absolute Gasteiger partial charge is 0.228 e. The monoisotopic (exact) mass is 392 g/mol. The first-order valence-corrected chi connectivity index (χ1v) is 7.43. The van der Waals surface area contributed by atoms with Gasteiger partial charge in [0.2, 0.25) is 9.39 Å². The Bertz CT molecular complexity index is 596. The number of halogens is 2. The van der Waals surface area contributed by atoms with Crippen LogP contribution in [0.25, 0.3) is 12.2 Å². The normalized spacial score (nSPS) is 10.7. The fraction of sp³-hybridized carbons (Fsp3) is 0. The van der Waals surface area contributed by atoms with Crippen LogP contribution in [-0.4, -0.2) is 9.39 Å². The van der Waals surface area contributed by atoms with Crippen LogP contribution in [0.3, 0.4) is 0 Å². The molecule has 0 aliphatic heterocycles. The highest BCUT2D eigenvalue weighted by molar-refractivity contribution is 9.18. The van der Waals surface area contributed by atoms with E-state index in [1.54, 1.807) is 24.3 Å². The van der Waals surface area contributed by atoms with Crippen LogP contribution in [0.1, 0.15) is 31.8 Å². The summed E-state index contributed by atoms with van der Waals surface area (Å²) in [5.74, 6) is 0. The van der Waals surface area contributed by atoms with E-state index in [1.165, 1.54) is 0 Å². The van der Waals surface area contributed by atoms with Crippen LogP contribution < -0.4 is 0 Å². The predicted octanol–water partition coefficient (Wildman–Crippen LogP) is 4.93. The molecular weight excluding hydrogens is 384 g/mol. The third-order valence-corrected chi connectivity index (χ3v) is 3.66. The Hall–Kier alpha value is -1.52. The van der Waals surface area contributed by atoms with E-state index in [-0.39, 0.29) is 9.39 Å². The summed E-state index contributed by atoms with van der Waals surface area (Å²) in [5, 5.41) is 0. The number of hydrogen-bond donors (Lipinski definition) is 0. The van der Waals surface area contributed by atoms with Crippen LogP contribution in [0.4, 0.5) is 0 Å².